The van der Waals surface area contributed by atoms with Gasteiger partial charge in [0.15, 0.2) is 0 Å². The third-order valence-corrected chi connectivity index (χ3v) is 4.58. The highest BCUT2D eigenvalue weighted by Gasteiger charge is 2.42. The second-order valence-electron chi connectivity index (χ2n) is 5.75. The summed E-state index contributed by atoms with van der Waals surface area (Å²) in [7, 11) is 0. The molecule has 3 aliphatic heterocycles. The molecule has 2 bridgehead atoms. The third-order valence-electron chi connectivity index (χ3n) is 4.58. The standard InChI is InChI=1S/C15H18N2O2/c18-15(17-13-7-9-5-6-14(13)19-9)11-8-16-12-4-2-1-3-10(11)12/h1-4,9,11,13-14,16H,5-8H2,(H,17,18). The number of anilines is 1. The number of hydrogen-bond acceptors (Lipinski definition) is 3. The number of nitrogens with one attached hydrogen (secondary N) is 2. The zero-order valence-electron chi connectivity index (χ0n) is 10.8. The molecule has 0 radical (unpaired) electrons. The van der Waals surface area contributed by atoms with Crippen molar-refractivity contribution in [2.45, 2.75) is 43.4 Å². The van der Waals surface area contributed by atoms with Gasteiger partial charge in [-0.2, -0.15) is 0 Å². The highest BCUT2D eigenvalue weighted by Crippen LogP contribution is 2.36. The van der Waals surface area contributed by atoms with Crippen molar-refractivity contribution < 1.29 is 9.53 Å². The highest BCUT2D eigenvalue weighted by molar-refractivity contribution is 5.88. The number of ether oxygens (including phenoxy) is 1. The Morgan fingerprint density at radius 3 is 3.00 bits per heavy atom. The van der Waals surface area contributed by atoms with Gasteiger partial charge in [0.2, 0.25) is 5.91 Å². The van der Waals surface area contributed by atoms with Crippen molar-refractivity contribution in [2.75, 3.05) is 11.9 Å². The zero-order valence-corrected chi connectivity index (χ0v) is 10.8. The Hall–Kier alpha value is -1.55. The minimum atomic E-state index is -0.0599. The first kappa shape index (κ1) is 11.3. The van der Waals surface area contributed by atoms with Gasteiger partial charge in [-0.05, 0) is 30.9 Å². The third kappa shape index (κ3) is 1.82. The van der Waals surface area contributed by atoms with Crippen molar-refractivity contribution in [3.05, 3.63) is 29.8 Å². The fourth-order valence-corrected chi connectivity index (χ4v) is 3.59. The Kier molecular flexibility index (Phi) is 2.52. The highest BCUT2D eigenvalue weighted by atomic mass is 16.5. The van der Waals surface area contributed by atoms with E-state index in [-0.39, 0.29) is 24.0 Å². The van der Waals surface area contributed by atoms with Crippen LogP contribution < -0.4 is 10.6 Å². The lowest BCUT2D eigenvalue weighted by Crippen LogP contribution is -2.43. The van der Waals surface area contributed by atoms with E-state index in [1.54, 1.807) is 0 Å². The summed E-state index contributed by atoms with van der Waals surface area (Å²) in [6.07, 6.45) is 3.86. The molecule has 2 N–H and O–H groups in total. The van der Waals surface area contributed by atoms with Crippen LogP contribution in [0.2, 0.25) is 0 Å². The molecule has 4 atom stereocenters. The summed E-state index contributed by atoms with van der Waals surface area (Å²) in [5.74, 6) is 0.0777. The average Bonchev–Trinajstić information content (AvgIpc) is 3.13. The predicted molar refractivity (Wildman–Crippen MR) is 72.1 cm³/mol. The number of carbonyl (C=O) groups is 1. The number of hydrogen-bond donors (Lipinski definition) is 2. The van der Waals surface area contributed by atoms with Crippen LogP contribution in [-0.2, 0) is 9.53 Å². The van der Waals surface area contributed by atoms with Crippen molar-refractivity contribution in [3.63, 3.8) is 0 Å². The van der Waals surface area contributed by atoms with Gasteiger partial charge in [-0.15, -0.1) is 0 Å². The SMILES string of the molecule is O=C(NC1CC2CCC1O2)C1CNc2ccccc21. The number of para-hydroxylation sites is 1. The topological polar surface area (TPSA) is 50.4 Å². The van der Waals surface area contributed by atoms with Crippen LogP contribution in [0.25, 0.3) is 0 Å². The minimum absolute atomic E-state index is 0.0599. The van der Waals surface area contributed by atoms with E-state index in [0.717, 1.165) is 30.5 Å². The summed E-state index contributed by atoms with van der Waals surface area (Å²) in [6, 6.07) is 8.28. The van der Waals surface area contributed by atoms with Gasteiger partial charge in [0, 0.05) is 12.2 Å². The molecule has 4 rings (SSSR count). The number of benzene rings is 1. The number of carbonyl (C=O) groups excluding carboxylic acids is 1. The molecule has 0 saturated carbocycles. The molecule has 1 amide bonds. The van der Waals surface area contributed by atoms with Crippen LogP contribution >= 0.6 is 0 Å². The molecule has 4 heteroatoms. The molecular weight excluding hydrogens is 240 g/mol. The van der Waals surface area contributed by atoms with Crippen molar-refractivity contribution in [2.24, 2.45) is 0 Å². The lowest BCUT2D eigenvalue weighted by molar-refractivity contribution is -0.123. The maximum Gasteiger partial charge on any atom is 0.229 e. The van der Waals surface area contributed by atoms with Crippen LogP contribution in [0, 0.1) is 0 Å². The molecule has 3 aliphatic rings. The fourth-order valence-electron chi connectivity index (χ4n) is 3.59. The quantitative estimate of drug-likeness (QED) is 0.847. The summed E-state index contributed by atoms with van der Waals surface area (Å²) in [5.41, 5.74) is 2.20. The molecule has 4 nitrogen and oxygen atoms in total. The van der Waals surface area contributed by atoms with Gasteiger partial charge in [0.05, 0.1) is 24.2 Å². The molecular formula is C15H18N2O2. The second kappa shape index (κ2) is 4.23. The van der Waals surface area contributed by atoms with Crippen LogP contribution in [0.1, 0.15) is 30.7 Å². The number of amides is 1. The van der Waals surface area contributed by atoms with E-state index in [2.05, 4.69) is 10.6 Å². The van der Waals surface area contributed by atoms with Crippen LogP contribution in [-0.4, -0.2) is 30.7 Å². The van der Waals surface area contributed by atoms with E-state index >= 15 is 0 Å². The van der Waals surface area contributed by atoms with Crippen molar-refractivity contribution in [1.82, 2.24) is 5.32 Å². The molecule has 1 aromatic rings. The van der Waals surface area contributed by atoms with Gasteiger partial charge in [-0.3, -0.25) is 4.79 Å². The second-order valence-corrected chi connectivity index (χ2v) is 5.75. The molecule has 2 saturated heterocycles. The summed E-state index contributed by atoms with van der Waals surface area (Å²) >= 11 is 0. The van der Waals surface area contributed by atoms with Gasteiger partial charge in [-0.1, -0.05) is 18.2 Å². The maximum atomic E-state index is 12.4. The molecule has 19 heavy (non-hydrogen) atoms. The van der Waals surface area contributed by atoms with Crippen molar-refractivity contribution in [1.29, 1.82) is 0 Å². The summed E-state index contributed by atoms with van der Waals surface area (Å²) < 4.78 is 5.79. The van der Waals surface area contributed by atoms with E-state index in [9.17, 15) is 4.79 Å². The first-order chi connectivity index (χ1) is 9.31. The average molecular weight is 258 g/mol. The molecule has 3 heterocycles. The van der Waals surface area contributed by atoms with E-state index in [4.69, 9.17) is 4.74 Å². The smallest absolute Gasteiger partial charge is 0.229 e. The largest absolute Gasteiger partial charge is 0.384 e. The Labute approximate surface area is 112 Å². The monoisotopic (exact) mass is 258 g/mol. The normalized spacial score (nSPS) is 34.9. The van der Waals surface area contributed by atoms with E-state index in [1.165, 1.54) is 0 Å². The first-order valence-corrected chi connectivity index (χ1v) is 7.10. The lowest BCUT2D eigenvalue weighted by atomic mass is 9.94. The molecule has 1 aromatic carbocycles. The van der Waals surface area contributed by atoms with E-state index in [0.29, 0.717) is 12.6 Å². The molecule has 0 aliphatic carbocycles. The van der Waals surface area contributed by atoms with E-state index < -0.39 is 0 Å². The Balaban J connectivity index is 1.47. The minimum Gasteiger partial charge on any atom is -0.384 e. The van der Waals surface area contributed by atoms with Crippen LogP contribution in [0.3, 0.4) is 0 Å². The number of fused-ring (bicyclic) bond motifs is 3. The summed E-state index contributed by atoms with van der Waals surface area (Å²) in [4.78, 5) is 12.4. The van der Waals surface area contributed by atoms with Gasteiger partial charge in [0.1, 0.15) is 0 Å². The molecule has 4 unspecified atom stereocenters. The van der Waals surface area contributed by atoms with Crippen LogP contribution in [0.5, 0.6) is 0 Å². The summed E-state index contributed by atoms with van der Waals surface area (Å²) in [5, 5.41) is 6.49. The number of rotatable bonds is 2. The van der Waals surface area contributed by atoms with Crippen molar-refractivity contribution >= 4 is 11.6 Å². The lowest BCUT2D eigenvalue weighted by Gasteiger charge is -2.22. The fraction of sp³-hybridized carbons (Fsp3) is 0.533. The van der Waals surface area contributed by atoms with Gasteiger partial charge in [0.25, 0.3) is 0 Å². The Morgan fingerprint density at radius 1 is 1.32 bits per heavy atom. The van der Waals surface area contributed by atoms with Crippen molar-refractivity contribution in [3.8, 4) is 0 Å². The molecule has 2 fully saturated rings. The maximum absolute atomic E-state index is 12.4. The molecule has 0 aromatic heterocycles. The van der Waals surface area contributed by atoms with Gasteiger partial charge >= 0.3 is 0 Å². The molecule has 100 valence electrons. The predicted octanol–water partition coefficient (Wildman–Crippen LogP) is 1.63. The molecule has 0 spiro atoms. The van der Waals surface area contributed by atoms with Gasteiger partial charge in [-0.25, -0.2) is 0 Å². The van der Waals surface area contributed by atoms with Gasteiger partial charge < -0.3 is 15.4 Å². The summed E-state index contributed by atoms with van der Waals surface area (Å²) in [6.45, 7) is 0.701. The van der Waals surface area contributed by atoms with Crippen LogP contribution in [0.15, 0.2) is 24.3 Å². The Morgan fingerprint density at radius 2 is 2.21 bits per heavy atom. The zero-order chi connectivity index (χ0) is 12.8. The Bertz CT molecular complexity index is 517. The first-order valence-electron chi connectivity index (χ1n) is 7.10. The van der Waals surface area contributed by atoms with E-state index in [1.807, 2.05) is 24.3 Å². The van der Waals surface area contributed by atoms with Crippen LogP contribution in [0.4, 0.5) is 5.69 Å².